The second-order valence-corrected chi connectivity index (χ2v) is 6.18. The summed E-state index contributed by atoms with van der Waals surface area (Å²) in [6, 6.07) is 0. The molecule has 20 heavy (non-hydrogen) atoms. The lowest BCUT2D eigenvalue weighted by Crippen LogP contribution is -2.38. The van der Waals surface area contributed by atoms with Crippen molar-refractivity contribution in [3.05, 3.63) is 17.0 Å². The van der Waals surface area contributed by atoms with Crippen LogP contribution in [0.4, 0.5) is 0 Å². The van der Waals surface area contributed by atoms with Gasteiger partial charge in [-0.15, -0.1) is 0 Å². The molecule has 1 amide bonds. The smallest absolute Gasteiger partial charge is 0.274 e. The molecule has 0 spiro atoms. The number of aryl methyl sites for hydroxylation is 1. The molecule has 1 aromatic heterocycles. The summed E-state index contributed by atoms with van der Waals surface area (Å²) in [6.07, 6.45) is 6.93. The topological polar surface area (TPSA) is 69.2 Å². The summed E-state index contributed by atoms with van der Waals surface area (Å²) >= 11 is 0. The van der Waals surface area contributed by atoms with E-state index in [9.17, 15) is 9.90 Å². The Balaban J connectivity index is 1.67. The van der Waals surface area contributed by atoms with Crippen molar-refractivity contribution < 1.29 is 9.90 Å². The quantitative estimate of drug-likeness (QED) is 0.880. The summed E-state index contributed by atoms with van der Waals surface area (Å²) in [5, 5.41) is 17.2. The monoisotopic (exact) mass is 277 g/mol. The second-order valence-electron chi connectivity index (χ2n) is 6.18. The molecule has 5 nitrogen and oxygen atoms in total. The zero-order chi connectivity index (χ0) is 14.1. The van der Waals surface area contributed by atoms with Crippen LogP contribution in [0.25, 0.3) is 0 Å². The Labute approximate surface area is 119 Å². The maximum absolute atomic E-state index is 12.5. The van der Waals surface area contributed by atoms with Crippen LogP contribution in [-0.4, -0.2) is 45.8 Å². The molecule has 0 bridgehead atoms. The number of nitrogens with one attached hydrogen (secondary N) is 1. The maximum Gasteiger partial charge on any atom is 0.274 e. The minimum absolute atomic E-state index is 0.0119. The normalized spacial score (nSPS) is 25.5. The summed E-state index contributed by atoms with van der Waals surface area (Å²) in [5.74, 6) is 0.201. The number of rotatable bonds is 3. The predicted molar refractivity (Wildman–Crippen MR) is 75.5 cm³/mol. The number of fused-ring (bicyclic) bond motifs is 1. The average Bonchev–Trinajstić information content (AvgIpc) is 3.03. The number of hydrogen-bond acceptors (Lipinski definition) is 3. The molecule has 0 saturated heterocycles. The second kappa shape index (κ2) is 5.56. The van der Waals surface area contributed by atoms with E-state index < -0.39 is 0 Å². The van der Waals surface area contributed by atoms with Crippen LogP contribution < -0.4 is 0 Å². The maximum atomic E-state index is 12.5. The minimum Gasteiger partial charge on any atom is -0.393 e. The Hall–Kier alpha value is -1.36. The highest BCUT2D eigenvalue weighted by Gasteiger charge is 2.29. The van der Waals surface area contributed by atoms with Crippen molar-refractivity contribution in [3.63, 3.8) is 0 Å². The van der Waals surface area contributed by atoms with Gasteiger partial charge < -0.3 is 10.0 Å². The van der Waals surface area contributed by atoms with E-state index in [0.29, 0.717) is 12.2 Å². The van der Waals surface area contributed by atoms with Gasteiger partial charge in [0.05, 0.1) is 6.10 Å². The molecule has 0 aromatic carbocycles. The Morgan fingerprint density at radius 1 is 1.35 bits per heavy atom. The van der Waals surface area contributed by atoms with E-state index >= 15 is 0 Å². The third-order valence-electron chi connectivity index (χ3n) is 4.73. The van der Waals surface area contributed by atoms with Crippen LogP contribution in [0.15, 0.2) is 0 Å². The van der Waals surface area contributed by atoms with Gasteiger partial charge in [-0.2, -0.15) is 5.10 Å². The predicted octanol–water partition coefficient (Wildman–Crippen LogP) is 1.52. The number of carbonyl (C=O) groups excluding carboxylic acids is 1. The van der Waals surface area contributed by atoms with Crippen LogP contribution in [0.1, 0.15) is 53.8 Å². The first-order chi connectivity index (χ1) is 9.66. The molecule has 0 radical (unpaired) electrons. The molecule has 1 saturated carbocycles. The molecule has 2 aliphatic rings. The number of aliphatic hydroxyl groups is 1. The SMILES string of the molecule is CN(CC1CCCCC1O)C(=O)c1n[nH]c2c1CCC2. The van der Waals surface area contributed by atoms with Gasteiger partial charge in [-0.05, 0) is 32.1 Å². The van der Waals surface area contributed by atoms with Crippen LogP contribution in [-0.2, 0) is 12.8 Å². The van der Waals surface area contributed by atoms with Gasteiger partial charge in [-0.25, -0.2) is 0 Å². The van der Waals surface area contributed by atoms with Gasteiger partial charge in [0.2, 0.25) is 0 Å². The Kier molecular flexibility index (Phi) is 3.78. The highest BCUT2D eigenvalue weighted by molar-refractivity contribution is 5.94. The Morgan fingerprint density at radius 3 is 2.95 bits per heavy atom. The number of nitrogens with zero attached hydrogens (tertiary/aromatic N) is 2. The van der Waals surface area contributed by atoms with Gasteiger partial charge >= 0.3 is 0 Å². The number of aliphatic hydroxyl groups excluding tert-OH is 1. The van der Waals surface area contributed by atoms with Gasteiger partial charge in [0, 0.05) is 30.8 Å². The molecule has 5 heteroatoms. The first kappa shape index (κ1) is 13.6. The number of H-pyrrole nitrogens is 1. The van der Waals surface area contributed by atoms with E-state index in [0.717, 1.165) is 56.2 Å². The molecule has 2 aliphatic carbocycles. The standard InChI is InChI=1S/C15H23N3O2/c1-18(9-10-5-2-3-8-13(10)19)15(20)14-11-6-4-7-12(11)16-17-14/h10,13,19H,2-9H2,1H3,(H,16,17). The number of aromatic nitrogens is 2. The van der Waals surface area contributed by atoms with E-state index in [-0.39, 0.29) is 17.9 Å². The first-order valence-corrected chi connectivity index (χ1v) is 7.66. The fourth-order valence-electron chi connectivity index (χ4n) is 3.51. The van der Waals surface area contributed by atoms with Gasteiger partial charge in [0.25, 0.3) is 5.91 Å². The lowest BCUT2D eigenvalue weighted by molar-refractivity contribution is 0.0448. The fourth-order valence-corrected chi connectivity index (χ4v) is 3.51. The van der Waals surface area contributed by atoms with E-state index in [4.69, 9.17) is 0 Å². The highest BCUT2D eigenvalue weighted by atomic mass is 16.3. The van der Waals surface area contributed by atoms with Gasteiger partial charge in [-0.1, -0.05) is 12.8 Å². The molecule has 1 fully saturated rings. The van der Waals surface area contributed by atoms with Crippen LogP contribution in [0.2, 0.25) is 0 Å². The van der Waals surface area contributed by atoms with Crippen molar-refractivity contribution in [1.29, 1.82) is 0 Å². The summed E-state index contributed by atoms with van der Waals surface area (Å²) in [4.78, 5) is 14.2. The molecule has 110 valence electrons. The van der Waals surface area contributed by atoms with E-state index in [2.05, 4.69) is 10.2 Å². The zero-order valence-corrected chi connectivity index (χ0v) is 12.1. The fraction of sp³-hybridized carbons (Fsp3) is 0.733. The van der Waals surface area contributed by atoms with Crippen LogP contribution in [0.3, 0.4) is 0 Å². The number of amides is 1. The number of aromatic amines is 1. The lowest BCUT2D eigenvalue weighted by atomic mass is 9.86. The minimum atomic E-state index is -0.260. The number of hydrogen-bond donors (Lipinski definition) is 2. The van der Waals surface area contributed by atoms with Gasteiger partial charge in [0.15, 0.2) is 5.69 Å². The Bertz CT molecular complexity index is 497. The molecular formula is C15H23N3O2. The molecule has 0 aliphatic heterocycles. The summed E-state index contributed by atoms with van der Waals surface area (Å²) in [7, 11) is 1.82. The van der Waals surface area contributed by atoms with E-state index in [1.807, 2.05) is 7.05 Å². The molecule has 1 heterocycles. The molecule has 3 rings (SSSR count). The Morgan fingerprint density at radius 2 is 2.15 bits per heavy atom. The molecule has 2 N–H and O–H groups in total. The summed E-state index contributed by atoms with van der Waals surface area (Å²) in [5.41, 5.74) is 2.82. The highest BCUT2D eigenvalue weighted by Crippen LogP contribution is 2.27. The van der Waals surface area contributed by atoms with Gasteiger partial charge in [-0.3, -0.25) is 9.89 Å². The summed E-state index contributed by atoms with van der Waals surface area (Å²) in [6.45, 7) is 0.627. The first-order valence-electron chi connectivity index (χ1n) is 7.66. The van der Waals surface area contributed by atoms with Crippen molar-refractivity contribution in [2.45, 2.75) is 51.0 Å². The lowest BCUT2D eigenvalue weighted by Gasteiger charge is -2.31. The van der Waals surface area contributed by atoms with Crippen LogP contribution >= 0.6 is 0 Å². The molecule has 1 aromatic rings. The molecule has 2 unspecified atom stereocenters. The van der Waals surface area contributed by atoms with E-state index in [1.54, 1.807) is 4.90 Å². The van der Waals surface area contributed by atoms with Crippen molar-refractivity contribution in [3.8, 4) is 0 Å². The third kappa shape index (κ3) is 2.46. The third-order valence-corrected chi connectivity index (χ3v) is 4.73. The van der Waals surface area contributed by atoms with Crippen molar-refractivity contribution in [2.75, 3.05) is 13.6 Å². The van der Waals surface area contributed by atoms with Crippen LogP contribution in [0, 0.1) is 5.92 Å². The van der Waals surface area contributed by atoms with Crippen molar-refractivity contribution in [1.82, 2.24) is 15.1 Å². The van der Waals surface area contributed by atoms with E-state index in [1.165, 1.54) is 0 Å². The summed E-state index contributed by atoms with van der Waals surface area (Å²) < 4.78 is 0. The van der Waals surface area contributed by atoms with Crippen molar-refractivity contribution in [2.24, 2.45) is 5.92 Å². The van der Waals surface area contributed by atoms with Gasteiger partial charge in [0.1, 0.15) is 0 Å². The number of carbonyl (C=O) groups is 1. The average molecular weight is 277 g/mol. The van der Waals surface area contributed by atoms with Crippen LogP contribution in [0.5, 0.6) is 0 Å². The zero-order valence-electron chi connectivity index (χ0n) is 12.1. The molecule has 2 atom stereocenters. The largest absolute Gasteiger partial charge is 0.393 e. The van der Waals surface area contributed by atoms with Crippen molar-refractivity contribution >= 4 is 5.91 Å². The molecular weight excluding hydrogens is 254 g/mol.